The summed E-state index contributed by atoms with van der Waals surface area (Å²) in [5, 5.41) is 6.48. The van der Waals surface area contributed by atoms with Crippen molar-refractivity contribution in [1.29, 1.82) is 0 Å². The number of ether oxygens (including phenoxy) is 2. The van der Waals surface area contributed by atoms with E-state index in [4.69, 9.17) is 9.26 Å². The van der Waals surface area contributed by atoms with E-state index < -0.39 is 12.5 Å². The molecule has 8 heteroatoms. The van der Waals surface area contributed by atoms with Gasteiger partial charge in [0.1, 0.15) is 23.9 Å². The zero-order valence-electron chi connectivity index (χ0n) is 16.2. The number of anilines is 1. The summed E-state index contributed by atoms with van der Waals surface area (Å²) in [5.74, 6) is 0.680. The highest BCUT2D eigenvalue weighted by Crippen LogP contribution is 2.23. The SMILES string of the molecule is Cc1ccc(OCc2c(C(=O)Nc3ccc(OC(F)F)cc3)noc2C)c(C)c1. The molecule has 3 aromatic rings. The number of rotatable bonds is 7. The number of carbonyl (C=O) groups is 1. The Morgan fingerprint density at radius 2 is 1.86 bits per heavy atom. The van der Waals surface area contributed by atoms with Gasteiger partial charge in [0.2, 0.25) is 0 Å². The van der Waals surface area contributed by atoms with Crippen LogP contribution in [-0.4, -0.2) is 17.7 Å². The molecule has 152 valence electrons. The van der Waals surface area contributed by atoms with Crippen LogP contribution >= 0.6 is 0 Å². The van der Waals surface area contributed by atoms with Crippen molar-refractivity contribution < 1.29 is 27.6 Å². The minimum absolute atomic E-state index is 0.00200. The van der Waals surface area contributed by atoms with Crippen molar-refractivity contribution in [3.05, 3.63) is 70.6 Å². The van der Waals surface area contributed by atoms with Gasteiger partial charge in [-0.25, -0.2) is 0 Å². The maximum absolute atomic E-state index is 12.6. The summed E-state index contributed by atoms with van der Waals surface area (Å²) in [6, 6.07) is 11.4. The highest BCUT2D eigenvalue weighted by molar-refractivity contribution is 6.03. The summed E-state index contributed by atoms with van der Waals surface area (Å²) in [4.78, 5) is 12.6. The average molecular weight is 402 g/mol. The molecule has 0 aliphatic rings. The van der Waals surface area contributed by atoms with Gasteiger partial charge in [0.25, 0.3) is 5.91 Å². The Kier molecular flexibility index (Phi) is 6.11. The smallest absolute Gasteiger partial charge is 0.387 e. The summed E-state index contributed by atoms with van der Waals surface area (Å²) in [6.45, 7) is 2.84. The number of aryl methyl sites for hydroxylation is 3. The van der Waals surface area contributed by atoms with E-state index in [0.717, 1.165) is 11.1 Å². The van der Waals surface area contributed by atoms with Gasteiger partial charge in [0.05, 0.1) is 5.56 Å². The van der Waals surface area contributed by atoms with Crippen LogP contribution in [0.15, 0.2) is 47.0 Å². The fraction of sp³-hybridized carbons (Fsp3) is 0.238. The number of benzene rings is 2. The van der Waals surface area contributed by atoms with Gasteiger partial charge >= 0.3 is 6.61 Å². The molecule has 1 aromatic heterocycles. The minimum atomic E-state index is -2.91. The van der Waals surface area contributed by atoms with Gasteiger partial charge in [-0.3, -0.25) is 4.79 Å². The number of carbonyl (C=O) groups excluding carboxylic acids is 1. The van der Waals surface area contributed by atoms with E-state index in [2.05, 4.69) is 15.2 Å². The fourth-order valence-corrected chi connectivity index (χ4v) is 2.76. The highest BCUT2D eigenvalue weighted by Gasteiger charge is 2.21. The van der Waals surface area contributed by atoms with Gasteiger partial charge in [0.15, 0.2) is 5.69 Å². The lowest BCUT2D eigenvalue weighted by Crippen LogP contribution is -2.15. The van der Waals surface area contributed by atoms with E-state index in [9.17, 15) is 13.6 Å². The molecule has 0 spiro atoms. The number of aromatic nitrogens is 1. The van der Waals surface area contributed by atoms with Crippen molar-refractivity contribution in [2.75, 3.05) is 5.32 Å². The Hall–Kier alpha value is -3.42. The van der Waals surface area contributed by atoms with Crippen molar-refractivity contribution >= 4 is 11.6 Å². The third kappa shape index (κ3) is 5.10. The Balaban J connectivity index is 1.70. The van der Waals surface area contributed by atoms with Crippen LogP contribution in [0.1, 0.15) is 32.9 Å². The number of nitrogens with one attached hydrogen (secondary N) is 1. The predicted octanol–water partition coefficient (Wildman–Crippen LogP) is 5.03. The molecule has 0 unspecified atom stereocenters. The molecule has 1 heterocycles. The molecule has 3 rings (SSSR count). The summed E-state index contributed by atoms with van der Waals surface area (Å²) < 4.78 is 39.7. The molecule has 0 fully saturated rings. The second kappa shape index (κ2) is 8.72. The van der Waals surface area contributed by atoms with E-state index in [1.54, 1.807) is 6.92 Å². The third-order valence-corrected chi connectivity index (χ3v) is 4.24. The molecule has 0 saturated carbocycles. The number of alkyl halides is 2. The second-order valence-electron chi connectivity index (χ2n) is 6.48. The Morgan fingerprint density at radius 3 is 2.52 bits per heavy atom. The number of hydrogen-bond donors (Lipinski definition) is 1. The Bertz CT molecular complexity index is 1000. The first-order valence-electron chi connectivity index (χ1n) is 8.85. The van der Waals surface area contributed by atoms with Crippen LogP contribution in [0.3, 0.4) is 0 Å². The van der Waals surface area contributed by atoms with Gasteiger partial charge in [-0.1, -0.05) is 22.9 Å². The van der Waals surface area contributed by atoms with Crippen LogP contribution in [-0.2, 0) is 6.61 Å². The molecule has 0 aliphatic heterocycles. The molecule has 0 radical (unpaired) electrons. The van der Waals surface area contributed by atoms with E-state index in [1.807, 2.05) is 32.0 Å². The van der Waals surface area contributed by atoms with Crippen LogP contribution in [0.2, 0.25) is 0 Å². The van der Waals surface area contributed by atoms with Crippen LogP contribution in [0.25, 0.3) is 0 Å². The summed E-state index contributed by atoms with van der Waals surface area (Å²) in [5.41, 5.74) is 3.14. The maximum Gasteiger partial charge on any atom is 0.387 e. The Labute approximate surface area is 166 Å². The quantitative estimate of drug-likeness (QED) is 0.600. The summed E-state index contributed by atoms with van der Waals surface area (Å²) >= 11 is 0. The lowest BCUT2D eigenvalue weighted by molar-refractivity contribution is -0.0498. The van der Waals surface area contributed by atoms with Crippen molar-refractivity contribution in [2.45, 2.75) is 34.0 Å². The monoisotopic (exact) mass is 402 g/mol. The van der Waals surface area contributed by atoms with Gasteiger partial charge in [-0.15, -0.1) is 0 Å². The molecule has 0 bridgehead atoms. The van der Waals surface area contributed by atoms with Crippen molar-refractivity contribution in [1.82, 2.24) is 5.16 Å². The first kappa shape index (κ1) is 20.3. The van der Waals surface area contributed by atoms with E-state index >= 15 is 0 Å². The van der Waals surface area contributed by atoms with Gasteiger partial charge < -0.3 is 19.3 Å². The van der Waals surface area contributed by atoms with Crippen LogP contribution < -0.4 is 14.8 Å². The predicted molar refractivity (Wildman–Crippen MR) is 103 cm³/mol. The molecule has 29 heavy (non-hydrogen) atoms. The molecule has 1 N–H and O–H groups in total. The third-order valence-electron chi connectivity index (χ3n) is 4.24. The van der Waals surface area contributed by atoms with Crippen LogP contribution in [0.5, 0.6) is 11.5 Å². The number of amides is 1. The first-order valence-corrected chi connectivity index (χ1v) is 8.85. The lowest BCUT2D eigenvalue weighted by Gasteiger charge is -2.10. The molecule has 2 aromatic carbocycles. The van der Waals surface area contributed by atoms with E-state index in [-0.39, 0.29) is 18.1 Å². The number of hydrogen-bond acceptors (Lipinski definition) is 5. The average Bonchev–Trinajstić information content (AvgIpc) is 3.03. The highest BCUT2D eigenvalue weighted by atomic mass is 19.3. The molecular formula is C21H20F2N2O4. The Morgan fingerprint density at radius 1 is 1.14 bits per heavy atom. The molecule has 6 nitrogen and oxygen atoms in total. The van der Waals surface area contributed by atoms with Gasteiger partial charge in [-0.05, 0) is 56.7 Å². The molecule has 0 saturated heterocycles. The standard InChI is InChI=1S/C21H20F2N2O4/c1-12-4-9-18(13(2)10-12)27-11-17-14(3)29-25-19(17)20(26)24-15-5-7-16(8-6-15)28-21(22)23/h4-10,21H,11H2,1-3H3,(H,24,26). The fourth-order valence-electron chi connectivity index (χ4n) is 2.76. The minimum Gasteiger partial charge on any atom is -0.488 e. The number of halogens is 2. The molecule has 0 aliphatic carbocycles. The van der Waals surface area contributed by atoms with Crippen molar-refractivity contribution in [2.24, 2.45) is 0 Å². The molecular weight excluding hydrogens is 382 g/mol. The van der Waals surface area contributed by atoms with Crippen molar-refractivity contribution in [3.8, 4) is 11.5 Å². The maximum atomic E-state index is 12.6. The number of nitrogens with zero attached hydrogens (tertiary/aromatic N) is 1. The summed E-state index contributed by atoms with van der Waals surface area (Å²) in [6.07, 6.45) is 0. The zero-order chi connectivity index (χ0) is 21.0. The van der Waals surface area contributed by atoms with E-state index in [0.29, 0.717) is 22.8 Å². The van der Waals surface area contributed by atoms with Crippen LogP contribution in [0.4, 0.5) is 14.5 Å². The normalized spacial score (nSPS) is 10.8. The largest absolute Gasteiger partial charge is 0.488 e. The zero-order valence-corrected chi connectivity index (χ0v) is 16.2. The molecule has 0 atom stereocenters. The lowest BCUT2D eigenvalue weighted by atomic mass is 10.1. The molecule has 1 amide bonds. The van der Waals surface area contributed by atoms with Gasteiger partial charge in [-0.2, -0.15) is 8.78 Å². The van der Waals surface area contributed by atoms with Gasteiger partial charge in [0, 0.05) is 5.69 Å². The second-order valence-corrected chi connectivity index (χ2v) is 6.48. The van der Waals surface area contributed by atoms with Crippen LogP contribution in [0, 0.1) is 20.8 Å². The first-order chi connectivity index (χ1) is 13.8. The summed E-state index contributed by atoms with van der Waals surface area (Å²) in [7, 11) is 0. The topological polar surface area (TPSA) is 73.6 Å². The van der Waals surface area contributed by atoms with Crippen molar-refractivity contribution in [3.63, 3.8) is 0 Å². The van der Waals surface area contributed by atoms with E-state index in [1.165, 1.54) is 24.3 Å².